The molecule has 0 aliphatic rings. The third-order valence-corrected chi connectivity index (χ3v) is 10.5. The zero-order valence-electron chi connectivity index (χ0n) is 26.3. The molecule has 1 heterocycles. The summed E-state index contributed by atoms with van der Waals surface area (Å²) in [4.78, 5) is 2.45. The quantitative estimate of drug-likeness (QED) is 0.177. The molecule has 0 radical (unpaired) electrons. The van der Waals surface area contributed by atoms with Crippen molar-refractivity contribution in [3.63, 3.8) is 0 Å². The van der Waals surface area contributed by atoms with Gasteiger partial charge in [0.05, 0.1) is 11.4 Å². The summed E-state index contributed by atoms with van der Waals surface area (Å²) in [7, 11) is 0. The molecule has 9 rings (SSSR count). The first-order valence-corrected chi connectivity index (χ1v) is 17.2. The van der Waals surface area contributed by atoms with E-state index in [2.05, 4.69) is 193 Å². The van der Waals surface area contributed by atoms with Gasteiger partial charge >= 0.3 is 0 Å². The van der Waals surface area contributed by atoms with E-state index >= 15 is 0 Å². The van der Waals surface area contributed by atoms with Crippen molar-refractivity contribution in [2.24, 2.45) is 0 Å². The molecule has 0 amide bonds. The van der Waals surface area contributed by atoms with E-state index in [9.17, 15) is 0 Å². The Labute approximate surface area is 284 Å². The van der Waals surface area contributed by atoms with E-state index in [0.29, 0.717) is 0 Å². The van der Waals surface area contributed by atoms with Crippen LogP contribution in [0.3, 0.4) is 0 Å². The van der Waals surface area contributed by atoms with Gasteiger partial charge in [0.1, 0.15) is 0 Å². The largest absolute Gasteiger partial charge is 0.309 e. The highest BCUT2D eigenvalue weighted by atomic mass is 32.1. The summed E-state index contributed by atoms with van der Waals surface area (Å²) < 4.78 is 2.62. The minimum absolute atomic E-state index is 1.12. The molecule has 1 nitrogen and oxygen atoms in total. The minimum atomic E-state index is 1.12. The van der Waals surface area contributed by atoms with Crippen molar-refractivity contribution in [1.82, 2.24) is 0 Å². The van der Waals surface area contributed by atoms with Crippen LogP contribution in [0.4, 0.5) is 17.1 Å². The number of rotatable bonds is 6. The predicted octanol–water partition coefficient (Wildman–Crippen LogP) is 13.7. The van der Waals surface area contributed by atoms with Gasteiger partial charge in [-0.15, -0.1) is 11.3 Å². The van der Waals surface area contributed by atoms with Crippen molar-refractivity contribution in [3.8, 4) is 33.4 Å². The lowest BCUT2D eigenvalue weighted by molar-refractivity contribution is 1.30. The van der Waals surface area contributed by atoms with Crippen molar-refractivity contribution in [2.75, 3.05) is 4.90 Å². The van der Waals surface area contributed by atoms with Crippen LogP contribution < -0.4 is 4.90 Å². The number of thiophene rings is 1. The SMILES string of the molecule is c1ccc(-c2ccc(-c3ccc(N(c4ccccc4-c4ccccc4)c4cccc5sc6c7ccccc7ccc6c45)cc3)cc2)cc1. The van der Waals surface area contributed by atoms with E-state index < -0.39 is 0 Å². The van der Waals surface area contributed by atoms with Gasteiger partial charge in [-0.25, -0.2) is 0 Å². The van der Waals surface area contributed by atoms with Crippen molar-refractivity contribution in [1.29, 1.82) is 0 Å². The Morgan fingerprint density at radius 1 is 0.354 bits per heavy atom. The summed E-state index contributed by atoms with van der Waals surface area (Å²) in [5.41, 5.74) is 10.7. The fourth-order valence-electron chi connectivity index (χ4n) is 6.95. The maximum Gasteiger partial charge on any atom is 0.0555 e. The van der Waals surface area contributed by atoms with Gasteiger partial charge in [0.15, 0.2) is 0 Å². The molecule has 8 aromatic carbocycles. The summed E-state index contributed by atoms with van der Waals surface area (Å²) >= 11 is 1.89. The number of hydrogen-bond donors (Lipinski definition) is 0. The van der Waals surface area contributed by atoms with Crippen LogP contribution >= 0.6 is 11.3 Å². The maximum absolute atomic E-state index is 2.45. The van der Waals surface area contributed by atoms with Gasteiger partial charge < -0.3 is 4.90 Å². The molecule has 9 aromatic rings. The fraction of sp³-hybridized carbons (Fsp3) is 0. The predicted molar refractivity (Wildman–Crippen MR) is 208 cm³/mol. The van der Waals surface area contributed by atoms with Gasteiger partial charge in [0.2, 0.25) is 0 Å². The zero-order valence-corrected chi connectivity index (χ0v) is 27.1. The first-order chi connectivity index (χ1) is 23.8. The average Bonchev–Trinajstić information content (AvgIpc) is 3.56. The van der Waals surface area contributed by atoms with Gasteiger partial charge in [-0.05, 0) is 68.9 Å². The molecule has 0 saturated heterocycles. The molecular formula is C46H31NS. The Balaban J connectivity index is 1.22. The highest BCUT2D eigenvalue weighted by Gasteiger charge is 2.21. The number of nitrogens with zero attached hydrogens (tertiary/aromatic N) is 1. The van der Waals surface area contributed by atoms with E-state index in [1.165, 1.54) is 70.0 Å². The second-order valence-electron chi connectivity index (χ2n) is 12.1. The fourth-order valence-corrected chi connectivity index (χ4v) is 8.21. The van der Waals surface area contributed by atoms with Gasteiger partial charge in [0, 0.05) is 31.4 Å². The Hall–Kier alpha value is -5.96. The summed E-state index contributed by atoms with van der Waals surface area (Å²) in [6.45, 7) is 0. The molecule has 0 atom stereocenters. The molecule has 2 heteroatoms. The molecule has 0 saturated carbocycles. The second kappa shape index (κ2) is 12.0. The molecule has 0 spiro atoms. The molecule has 0 aliphatic heterocycles. The van der Waals surface area contributed by atoms with Crippen molar-refractivity contribution < 1.29 is 0 Å². The monoisotopic (exact) mass is 629 g/mol. The minimum Gasteiger partial charge on any atom is -0.309 e. The Morgan fingerprint density at radius 2 is 0.917 bits per heavy atom. The molecule has 0 fully saturated rings. The molecule has 48 heavy (non-hydrogen) atoms. The van der Waals surface area contributed by atoms with E-state index in [1.807, 2.05) is 11.3 Å². The Kier molecular flexibility index (Phi) is 7.07. The normalized spacial score (nSPS) is 11.3. The standard InChI is InChI=1S/C46H31NS/c1-3-12-32(13-4-1)33-22-24-34(25-23-33)35-26-29-38(30-27-35)47(42-19-10-9-17-39(42)36-14-5-2-6-15-36)43-20-11-21-44-45(43)41-31-28-37-16-7-8-18-40(37)46(41)48-44/h1-31H. The van der Waals surface area contributed by atoms with E-state index in [1.54, 1.807) is 0 Å². The number of fused-ring (bicyclic) bond motifs is 5. The third-order valence-electron chi connectivity index (χ3n) is 9.29. The lowest BCUT2D eigenvalue weighted by atomic mass is 9.99. The Bertz CT molecular complexity index is 2530. The Morgan fingerprint density at radius 3 is 1.65 bits per heavy atom. The average molecular weight is 630 g/mol. The molecule has 0 N–H and O–H groups in total. The van der Waals surface area contributed by atoms with Crippen LogP contribution in [-0.2, 0) is 0 Å². The molecular weight excluding hydrogens is 599 g/mol. The molecule has 226 valence electrons. The van der Waals surface area contributed by atoms with Gasteiger partial charge in [-0.1, -0.05) is 158 Å². The first-order valence-electron chi connectivity index (χ1n) is 16.4. The van der Waals surface area contributed by atoms with Crippen LogP contribution in [0.2, 0.25) is 0 Å². The highest BCUT2D eigenvalue weighted by molar-refractivity contribution is 7.26. The van der Waals surface area contributed by atoms with Crippen LogP contribution in [0.1, 0.15) is 0 Å². The highest BCUT2D eigenvalue weighted by Crippen LogP contribution is 2.48. The van der Waals surface area contributed by atoms with Crippen LogP contribution in [-0.4, -0.2) is 0 Å². The van der Waals surface area contributed by atoms with Gasteiger partial charge in [-0.2, -0.15) is 0 Å². The summed E-state index contributed by atoms with van der Waals surface area (Å²) in [6, 6.07) is 68.0. The van der Waals surface area contributed by atoms with Crippen molar-refractivity contribution in [3.05, 3.63) is 188 Å². The first kappa shape index (κ1) is 28.3. The number of anilines is 3. The van der Waals surface area contributed by atoms with Gasteiger partial charge in [-0.3, -0.25) is 0 Å². The third kappa shape index (κ3) is 4.95. The molecule has 0 unspecified atom stereocenters. The summed E-state index contributed by atoms with van der Waals surface area (Å²) in [5, 5.41) is 5.16. The zero-order chi connectivity index (χ0) is 31.9. The smallest absolute Gasteiger partial charge is 0.0555 e. The lowest BCUT2D eigenvalue weighted by Crippen LogP contribution is -2.11. The van der Waals surface area contributed by atoms with Gasteiger partial charge in [0.25, 0.3) is 0 Å². The van der Waals surface area contributed by atoms with E-state index in [0.717, 1.165) is 11.4 Å². The maximum atomic E-state index is 2.45. The molecule has 0 bridgehead atoms. The van der Waals surface area contributed by atoms with E-state index in [4.69, 9.17) is 0 Å². The van der Waals surface area contributed by atoms with Crippen LogP contribution in [0, 0.1) is 0 Å². The van der Waals surface area contributed by atoms with Crippen LogP contribution in [0.25, 0.3) is 64.3 Å². The summed E-state index contributed by atoms with van der Waals surface area (Å²) in [6.07, 6.45) is 0. The van der Waals surface area contributed by atoms with Crippen LogP contribution in [0.15, 0.2) is 188 Å². The molecule has 0 aliphatic carbocycles. The van der Waals surface area contributed by atoms with Crippen molar-refractivity contribution in [2.45, 2.75) is 0 Å². The topological polar surface area (TPSA) is 3.24 Å². The lowest BCUT2D eigenvalue weighted by Gasteiger charge is -2.29. The summed E-state index contributed by atoms with van der Waals surface area (Å²) in [5.74, 6) is 0. The van der Waals surface area contributed by atoms with Crippen LogP contribution in [0.5, 0.6) is 0 Å². The number of para-hydroxylation sites is 1. The van der Waals surface area contributed by atoms with E-state index in [-0.39, 0.29) is 0 Å². The number of hydrogen-bond acceptors (Lipinski definition) is 2. The second-order valence-corrected chi connectivity index (χ2v) is 13.2. The van der Waals surface area contributed by atoms with Crippen molar-refractivity contribution >= 4 is 59.3 Å². The molecule has 1 aromatic heterocycles. The number of benzene rings is 8.